The van der Waals surface area contributed by atoms with Crippen LogP contribution in [0.15, 0.2) is 42.7 Å². The van der Waals surface area contributed by atoms with Gasteiger partial charge in [0.2, 0.25) is 0 Å². The summed E-state index contributed by atoms with van der Waals surface area (Å²) in [5.41, 5.74) is 1.07. The molecule has 27 heavy (non-hydrogen) atoms. The third-order valence-electron chi connectivity index (χ3n) is 3.85. The summed E-state index contributed by atoms with van der Waals surface area (Å²) in [7, 11) is 1.27. The fourth-order valence-electron chi connectivity index (χ4n) is 2.34. The van der Waals surface area contributed by atoms with Gasteiger partial charge >= 0.3 is 5.97 Å². The van der Waals surface area contributed by atoms with E-state index in [0.29, 0.717) is 23.7 Å². The molecule has 2 amide bonds. The second-order valence-corrected chi connectivity index (χ2v) is 6.39. The quantitative estimate of drug-likeness (QED) is 0.732. The molecule has 0 saturated heterocycles. The summed E-state index contributed by atoms with van der Waals surface area (Å²) >= 11 is 0. The van der Waals surface area contributed by atoms with Crippen LogP contribution in [0.3, 0.4) is 0 Å². The predicted octanol–water partition coefficient (Wildman–Crippen LogP) is 2.90. The maximum atomic E-state index is 12.5. The minimum absolute atomic E-state index is 0.214. The molecule has 0 saturated carbocycles. The maximum absolute atomic E-state index is 12.5. The monoisotopic (exact) mass is 369 g/mol. The van der Waals surface area contributed by atoms with Crippen molar-refractivity contribution >= 4 is 23.5 Å². The molecule has 0 aliphatic heterocycles. The maximum Gasteiger partial charge on any atom is 0.339 e. The molecule has 2 aromatic rings. The van der Waals surface area contributed by atoms with E-state index in [0.717, 1.165) is 6.42 Å². The van der Waals surface area contributed by atoms with Gasteiger partial charge in [0.05, 0.1) is 29.5 Å². The van der Waals surface area contributed by atoms with Crippen molar-refractivity contribution in [1.29, 1.82) is 0 Å². The molecule has 1 aromatic heterocycles. The molecule has 7 nitrogen and oxygen atoms in total. The number of rotatable bonds is 7. The van der Waals surface area contributed by atoms with Crippen molar-refractivity contribution in [2.45, 2.75) is 20.3 Å². The van der Waals surface area contributed by atoms with Crippen LogP contribution in [0.5, 0.6) is 0 Å². The first kappa shape index (κ1) is 20.1. The van der Waals surface area contributed by atoms with Gasteiger partial charge in [-0.2, -0.15) is 0 Å². The van der Waals surface area contributed by atoms with E-state index in [1.165, 1.54) is 25.6 Å². The molecule has 142 valence electrons. The number of hydrogen-bond donors (Lipinski definition) is 2. The van der Waals surface area contributed by atoms with Crippen LogP contribution in [0.4, 0.5) is 5.69 Å². The average molecular weight is 369 g/mol. The molecule has 2 N–H and O–H groups in total. The number of carbonyl (C=O) groups is 3. The first-order valence-electron chi connectivity index (χ1n) is 8.64. The van der Waals surface area contributed by atoms with Gasteiger partial charge in [0.25, 0.3) is 11.8 Å². The summed E-state index contributed by atoms with van der Waals surface area (Å²) in [4.78, 5) is 40.5. The molecule has 2 rings (SSSR count). The van der Waals surface area contributed by atoms with E-state index in [-0.39, 0.29) is 17.0 Å². The minimum Gasteiger partial charge on any atom is -0.465 e. The average Bonchev–Trinajstić information content (AvgIpc) is 2.67. The van der Waals surface area contributed by atoms with Crippen molar-refractivity contribution < 1.29 is 19.1 Å². The second kappa shape index (κ2) is 9.47. The van der Waals surface area contributed by atoms with Crippen LogP contribution in [0.1, 0.15) is 51.3 Å². The van der Waals surface area contributed by atoms with Gasteiger partial charge in [-0.3, -0.25) is 14.6 Å². The largest absolute Gasteiger partial charge is 0.465 e. The first-order valence-corrected chi connectivity index (χ1v) is 8.64. The Kier molecular flexibility index (Phi) is 7.05. The van der Waals surface area contributed by atoms with Gasteiger partial charge in [-0.1, -0.05) is 26.0 Å². The molecule has 0 radical (unpaired) electrons. The molecule has 0 aliphatic carbocycles. The molecule has 7 heteroatoms. The Morgan fingerprint density at radius 3 is 2.41 bits per heavy atom. The minimum atomic E-state index is -0.553. The van der Waals surface area contributed by atoms with Crippen LogP contribution in [0, 0.1) is 5.92 Å². The van der Waals surface area contributed by atoms with Crippen molar-refractivity contribution in [3.8, 4) is 0 Å². The predicted molar refractivity (Wildman–Crippen MR) is 102 cm³/mol. The molecular weight excluding hydrogens is 346 g/mol. The number of para-hydroxylation sites is 1. The Labute approximate surface area is 158 Å². The smallest absolute Gasteiger partial charge is 0.339 e. The molecule has 0 bridgehead atoms. The van der Waals surface area contributed by atoms with E-state index in [4.69, 9.17) is 4.74 Å². The van der Waals surface area contributed by atoms with Gasteiger partial charge in [0, 0.05) is 18.9 Å². The summed E-state index contributed by atoms with van der Waals surface area (Å²) in [6.07, 6.45) is 3.63. The van der Waals surface area contributed by atoms with E-state index >= 15 is 0 Å². The summed E-state index contributed by atoms with van der Waals surface area (Å²) < 4.78 is 4.71. The second-order valence-electron chi connectivity index (χ2n) is 6.39. The number of esters is 1. The van der Waals surface area contributed by atoms with Crippen molar-refractivity contribution in [2.75, 3.05) is 19.0 Å². The van der Waals surface area contributed by atoms with Crippen LogP contribution >= 0.6 is 0 Å². The Bertz CT molecular complexity index is 833. The number of methoxy groups -OCH3 is 1. The number of nitrogens with one attached hydrogen (secondary N) is 2. The third kappa shape index (κ3) is 5.64. The highest BCUT2D eigenvalue weighted by atomic mass is 16.5. The molecule has 0 unspecified atom stereocenters. The van der Waals surface area contributed by atoms with Gasteiger partial charge in [0.15, 0.2) is 0 Å². The first-order chi connectivity index (χ1) is 12.9. The molecule has 0 atom stereocenters. The standard InChI is InChI=1S/C20H23N3O4/c1-13(2)8-9-22-18(24)14-10-15(12-21-11-14)19(25)23-17-7-5-4-6-16(17)20(26)27-3/h4-7,10-13H,8-9H2,1-3H3,(H,22,24)(H,23,25). The van der Waals surface area contributed by atoms with Crippen molar-refractivity contribution in [3.05, 3.63) is 59.4 Å². The van der Waals surface area contributed by atoms with E-state index < -0.39 is 11.9 Å². The Morgan fingerprint density at radius 2 is 1.74 bits per heavy atom. The summed E-state index contributed by atoms with van der Waals surface area (Å²) in [5.74, 6) is -0.832. The highest BCUT2D eigenvalue weighted by molar-refractivity contribution is 6.08. The number of ether oxygens (including phenoxy) is 1. The van der Waals surface area contributed by atoms with Gasteiger partial charge in [0.1, 0.15) is 0 Å². The third-order valence-corrected chi connectivity index (χ3v) is 3.85. The lowest BCUT2D eigenvalue weighted by atomic mass is 10.1. The Balaban J connectivity index is 2.12. The molecule has 0 fully saturated rings. The molecule has 1 aromatic carbocycles. The zero-order chi connectivity index (χ0) is 19.8. The van der Waals surface area contributed by atoms with Crippen molar-refractivity contribution in [1.82, 2.24) is 10.3 Å². The number of anilines is 1. The van der Waals surface area contributed by atoms with Gasteiger partial charge in [-0.15, -0.1) is 0 Å². The lowest BCUT2D eigenvalue weighted by molar-refractivity contribution is 0.0601. The summed E-state index contributed by atoms with van der Waals surface area (Å²) in [6, 6.07) is 7.98. The number of carbonyl (C=O) groups excluding carboxylic acids is 3. The summed E-state index contributed by atoms with van der Waals surface area (Å²) in [5, 5.41) is 5.46. The Hall–Kier alpha value is -3.22. The SMILES string of the molecule is COC(=O)c1ccccc1NC(=O)c1cncc(C(=O)NCCC(C)C)c1. The number of nitrogens with zero attached hydrogens (tertiary/aromatic N) is 1. The number of pyridine rings is 1. The van der Waals surface area contributed by atoms with Gasteiger partial charge in [-0.05, 0) is 30.5 Å². The van der Waals surface area contributed by atoms with Crippen molar-refractivity contribution in [3.63, 3.8) is 0 Å². The van der Waals surface area contributed by atoms with E-state index in [9.17, 15) is 14.4 Å². The summed E-state index contributed by atoms with van der Waals surface area (Å²) in [6.45, 7) is 4.70. The number of aromatic nitrogens is 1. The van der Waals surface area contributed by atoms with E-state index in [2.05, 4.69) is 29.5 Å². The molecule has 1 heterocycles. The number of amides is 2. The topological polar surface area (TPSA) is 97.4 Å². The molecule has 0 spiro atoms. The zero-order valence-electron chi connectivity index (χ0n) is 15.6. The van der Waals surface area contributed by atoms with Crippen LogP contribution in [-0.4, -0.2) is 36.4 Å². The van der Waals surface area contributed by atoms with Crippen LogP contribution < -0.4 is 10.6 Å². The lowest BCUT2D eigenvalue weighted by Crippen LogP contribution is -2.26. The van der Waals surface area contributed by atoms with E-state index in [1.54, 1.807) is 24.3 Å². The number of hydrogen-bond acceptors (Lipinski definition) is 5. The van der Waals surface area contributed by atoms with Crippen molar-refractivity contribution in [2.24, 2.45) is 5.92 Å². The fraction of sp³-hybridized carbons (Fsp3) is 0.300. The lowest BCUT2D eigenvalue weighted by Gasteiger charge is -2.10. The van der Waals surface area contributed by atoms with Crippen LogP contribution in [0.25, 0.3) is 0 Å². The van der Waals surface area contributed by atoms with Gasteiger partial charge < -0.3 is 15.4 Å². The zero-order valence-corrected chi connectivity index (χ0v) is 15.6. The molecular formula is C20H23N3O4. The Morgan fingerprint density at radius 1 is 1.07 bits per heavy atom. The highest BCUT2D eigenvalue weighted by Gasteiger charge is 2.16. The molecule has 0 aliphatic rings. The van der Waals surface area contributed by atoms with Crippen LogP contribution in [0.2, 0.25) is 0 Å². The van der Waals surface area contributed by atoms with E-state index in [1.807, 2.05) is 0 Å². The highest BCUT2D eigenvalue weighted by Crippen LogP contribution is 2.17. The fourth-order valence-corrected chi connectivity index (χ4v) is 2.34. The van der Waals surface area contributed by atoms with Gasteiger partial charge in [-0.25, -0.2) is 4.79 Å². The number of benzene rings is 1. The normalized spacial score (nSPS) is 10.4. The van der Waals surface area contributed by atoms with Crippen LogP contribution in [-0.2, 0) is 4.74 Å².